The monoisotopic (exact) mass is 444 g/mol. The van der Waals surface area contributed by atoms with E-state index >= 15 is 0 Å². The summed E-state index contributed by atoms with van der Waals surface area (Å²) in [5.41, 5.74) is 4.91. The standard InChI is InChI=1S/C24H24N6O3/c1-27-22(31)17-19(26-30(20(17)24(27)33)15-9-3-2-4-10-15)18-21(28-12-7-8-13-28)25-16-11-5-6-14-29(16)23(18)32/h2-6,9-11,14,17,19-20,26H,7-8,12-13H2,1H3/t17-,19-,20+/m1/s1. The summed E-state index contributed by atoms with van der Waals surface area (Å²) < 4.78 is 1.52. The molecule has 0 bridgehead atoms. The fourth-order valence-electron chi connectivity index (χ4n) is 5.33. The molecule has 33 heavy (non-hydrogen) atoms. The van der Waals surface area contributed by atoms with E-state index in [0.29, 0.717) is 17.0 Å². The van der Waals surface area contributed by atoms with E-state index in [4.69, 9.17) is 4.98 Å². The van der Waals surface area contributed by atoms with E-state index in [1.165, 1.54) is 16.3 Å². The quantitative estimate of drug-likeness (QED) is 0.610. The average molecular weight is 444 g/mol. The SMILES string of the molecule is CN1C(=O)[C@H]2[C@@H](C1=O)N(c1ccccc1)N[C@H]2c1c(N2CCCC2)nc2ccccn2c1=O. The average Bonchev–Trinajstić information content (AvgIpc) is 3.56. The number of likely N-dealkylation sites (N-methyl/N-ethyl adjacent to an activating group) is 1. The molecule has 3 aliphatic rings. The lowest BCUT2D eigenvalue weighted by Gasteiger charge is -2.27. The van der Waals surface area contributed by atoms with Crippen LogP contribution in [0.25, 0.3) is 5.65 Å². The second-order valence-electron chi connectivity index (χ2n) is 8.80. The minimum Gasteiger partial charge on any atom is -0.356 e. The van der Waals surface area contributed by atoms with Gasteiger partial charge in [-0.3, -0.25) is 28.7 Å². The Balaban J connectivity index is 1.56. The number of para-hydroxylation sites is 1. The molecular formula is C24H24N6O3. The number of imide groups is 1. The fraction of sp³-hybridized carbons (Fsp3) is 0.333. The van der Waals surface area contributed by atoms with E-state index in [-0.39, 0.29) is 17.4 Å². The highest BCUT2D eigenvalue weighted by molar-refractivity contribution is 6.09. The second kappa shape index (κ2) is 7.41. The topological polar surface area (TPSA) is 90.3 Å². The molecule has 3 aromatic rings. The van der Waals surface area contributed by atoms with Gasteiger partial charge in [-0.25, -0.2) is 10.4 Å². The number of hydrogen-bond acceptors (Lipinski definition) is 7. The van der Waals surface area contributed by atoms with Crippen LogP contribution >= 0.6 is 0 Å². The Morgan fingerprint density at radius 3 is 2.42 bits per heavy atom. The van der Waals surface area contributed by atoms with E-state index in [1.54, 1.807) is 17.3 Å². The molecule has 2 amide bonds. The Morgan fingerprint density at radius 2 is 1.67 bits per heavy atom. The molecule has 0 radical (unpaired) electrons. The minimum atomic E-state index is -0.725. The highest BCUT2D eigenvalue weighted by Gasteiger charge is 2.59. The molecule has 9 nitrogen and oxygen atoms in total. The largest absolute Gasteiger partial charge is 0.356 e. The maximum absolute atomic E-state index is 13.8. The van der Waals surface area contributed by atoms with E-state index < -0.39 is 18.0 Å². The van der Waals surface area contributed by atoms with Crippen LogP contribution in [0, 0.1) is 5.92 Å². The van der Waals surface area contributed by atoms with Crippen LogP contribution in [0.5, 0.6) is 0 Å². The number of likely N-dealkylation sites (tertiary alicyclic amines) is 1. The van der Waals surface area contributed by atoms with Crippen LogP contribution in [0.1, 0.15) is 24.4 Å². The summed E-state index contributed by atoms with van der Waals surface area (Å²) in [6.07, 6.45) is 3.74. The molecule has 1 N–H and O–H groups in total. The van der Waals surface area contributed by atoms with Crippen molar-refractivity contribution in [2.75, 3.05) is 30.0 Å². The molecule has 3 saturated heterocycles. The van der Waals surface area contributed by atoms with E-state index in [0.717, 1.165) is 31.6 Å². The van der Waals surface area contributed by atoms with E-state index in [1.807, 2.05) is 42.5 Å². The summed E-state index contributed by atoms with van der Waals surface area (Å²) in [4.78, 5) is 48.4. The fourth-order valence-corrected chi connectivity index (χ4v) is 5.33. The highest BCUT2D eigenvalue weighted by atomic mass is 16.2. The lowest BCUT2D eigenvalue weighted by molar-refractivity contribution is -0.138. The maximum atomic E-state index is 13.8. The molecule has 5 heterocycles. The van der Waals surface area contributed by atoms with Gasteiger partial charge in [0.05, 0.1) is 23.2 Å². The molecule has 1 aromatic carbocycles. The molecule has 0 unspecified atom stereocenters. The van der Waals surface area contributed by atoms with Crippen molar-refractivity contribution in [2.24, 2.45) is 5.92 Å². The van der Waals surface area contributed by atoms with Crippen molar-refractivity contribution in [1.82, 2.24) is 19.7 Å². The van der Waals surface area contributed by atoms with Gasteiger partial charge in [0.2, 0.25) is 5.91 Å². The molecule has 3 fully saturated rings. The van der Waals surface area contributed by atoms with Crippen LogP contribution in [0.3, 0.4) is 0 Å². The number of hydrazine groups is 1. The molecule has 0 saturated carbocycles. The van der Waals surface area contributed by atoms with Crippen molar-refractivity contribution in [2.45, 2.75) is 24.9 Å². The van der Waals surface area contributed by atoms with Gasteiger partial charge in [0.25, 0.3) is 11.5 Å². The molecule has 168 valence electrons. The Bertz CT molecular complexity index is 1320. The zero-order chi connectivity index (χ0) is 22.7. The predicted molar refractivity (Wildman–Crippen MR) is 123 cm³/mol. The lowest BCUT2D eigenvalue weighted by Crippen LogP contribution is -2.45. The van der Waals surface area contributed by atoms with Gasteiger partial charge in [-0.1, -0.05) is 24.3 Å². The third kappa shape index (κ3) is 2.88. The normalized spacial score (nSPS) is 24.9. The van der Waals surface area contributed by atoms with Gasteiger partial charge < -0.3 is 4.90 Å². The first-order valence-corrected chi connectivity index (χ1v) is 11.2. The Kier molecular flexibility index (Phi) is 4.48. The van der Waals surface area contributed by atoms with Gasteiger partial charge in [-0.2, -0.15) is 0 Å². The van der Waals surface area contributed by atoms with Crippen LogP contribution in [0.15, 0.2) is 59.5 Å². The van der Waals surface area contributed by atoms with E-state index in [9.17, 15) is 14.4 Å². The summed E-state index contributed by atoms with van der Waals surface area (Å²) in [6, 6.07) is 13.5. The smallest absolute Gasteiger partial charge is 0.264 e. The maximum Gasteiger partial charge on any atom is 0.264 e. The predicted octanol–water partition coefficient (Wildman–Crippen LogP) is 1.34. The summed E-state index contributed by atoms with van der Waals surface area (Å²) in [5, 5.41) is 1.74. The van der Waals surface area contributed by atoms with E-state index in [2.05, 4.69) is 10.3 Å². The molecule has 0 spiro atoms. The van der Waals surface area contributed by atoms with Crippen LogP contribution < -0.4 is 20.9 Å². The number of fused-ring (bicyclic) bond motifs is 2. The van der Waals surface area contributed by atoms with Crippen LogP contribution in [0.2, 0.25) is 0 Å². The first-order valence-electron chi connectivity index (χ1n) is 11.2. The number of rotatable bonds is 3. The Hall–Kier alpha value is -3.72. The number of nitrogens with zero attached hydrogens (tertiary/aromatic N) is 5. The lowest BCUT2D eigenvalue weighted by atomic mass is 9.91. The zero-order valence-corrected chi connectivity index (χ0v) is 18.2. The number of nitrogens with one attached hydrogen (secondary N) is 1. The van der Waals surface area contributed by atoms with Gasteiger partial charge >= 0.3 is 0 Å². The molecule has 2 aromatic heterocycles. The highest BCUT2D eigenvalue weighted by Crippen LogP contribution is 2.43. The van der Waals surface area contributed by atoms with Gasteiger partial charge in [0, 0.05) is 26.3 Å². The molecule has 6 rings (SSSR count). The molecule has 9 heteroatoms. The van der Waals surface area contributed by atoms with Crippen LogP contribution in [-0.4, -0.2) is 52.3 Å². The summed E-state index contributed by atoms with van der Waals surface area (Å²) in [5.74, 6) is -0.684. The summed E-state index contributed by atoms with van der Waals surface area (Å²) in [7, 11) is 1.51. The molecule has 0 aliphatic carbocycles. The van der Waals surface area contributed by atoms with Gasteiger partial charge in [-0.05, 0) is 37.1 Å². The minimum absolute atomic E-state index is 0.219. The number of anilines is 2. The number of hydrogen-bond donors (Lipinski definition) is 1. The number of benzene rings is 1. The number of aromatic nitrogens is 2. The number of pyridine rings is 1. The summed E-state index contributed by atoms with van der Waals surface area (Å²) in [6.45, 7) is 1.61. The van der Waals surface area contributed by atoms with Crippen molar-refractivity contribution in [3.05, 3.63) is 70.6 Å². The first kappa shape index (κ1) is 19.9. The van der Waals surface area contributed by atoms with Crippen molar-refractivity contribution in [1.29, 1.82) is 0 Å². The zero-order valence-electron chi connectivity index (χ0n) is 18.2. The molecular weight excluding hydrogens is 420 g/mol. The first-order chi connectivity index (χ1) is 16.1. The number of carbonyl (C=O) groups is 2. The second-order valence-corrected chi connectivity index (χ2v) is 8.80. The molecule has 3 aliphatic heterocycles. The van der Waals surface area contributed by atoms with Crippen molar-refractivity contribution >= 4 is 29.0 Å². The van der Waals surface area contributed by atoms with Crippen LogP contribution in [-0.2, 0) is 9.59 Å². The third-order valence-corrected chi connectivity index (χ3v) is 6.95. The summed E-state index contributed by atoms with van der Waals surface area (Å²) >= 11 is 0. The van der Waals surface area contributed by atoms with Crippen molar-refractivity contribution in [3.8, 4) is 0 Å². The van der Waals surface area contributed by atoms with Gasteiger partial charge in [0.1, 0.15) is 17.5 Å². The van der Waals surface area contributed by atoms with Crippen LogP contribution in [0.4, 0.5) is 11.5 Å². The number of carbonyl (C=O) groups excluding carboxylic acids is 2. The van der Waals surface area contributed by atoms with Crippen molar-refractivity contribution < 1.29 is 9.59 Å². The Morgan fingerprint density at radius 1 is 0.939 bits per heavy atom. The number of amides is 2. The molecule has 3 atom stereocenters. The third-order valence-electron chi connectivity index (χ3n) is 6.95. The Labute approximate surface area is 190 Å². The van der Waals surface area contributed by atoms with Gasteiger partial charge in [-0.15, -0.1) is 0 Å². The van der Waals surface area contributed by atoms with Gasteiger partial charge in [0.15, 0.2) is 0 Å². The van der Waals surface area contributed by atoms with Crippen molar-refractivity contribution in [3.63, 3.8) is 0 Å².